The van der Waals surface area contributed by atoms with Crippen LogP contribution in [0.15, 0.2) is 36.7 Å². The second kappa shape index (κ2) is 5.25. The normalized spacial score (nSPS) is 10.0. The second-order valence-electron chi connectivity index (χ2n) is 3.39. The lowest BCUT2D eigenvalue weighted by Crippen LogP contribution is -2.03. The number of rotatable bonds is 4. The minimum atomic E-state index is -0.235. The first-order valence-electron chi connectivity index (χ1n) is 5.13. The van der Waals surface area contributed by atoms with Crippen molar-refractivity contribution in [2.45, 2.75) is 6.54 Å². The van der Waals surface area contributed by atoms with Crippen molar-refractivity contribution in [2.24, 2.45) is 0 Å². The zero-order chi connectivity index (χ0) is 12.1. The highest BCUT2D eigenvalue weighted by atomic mass is 19.1. The number of aromatic nitrogens is 2. The van der Waals surface area contributed by atoms with E-state index in [4.69, 9.17) is 4.74 Å². The molecular formula is C12H12FN3O. The van der Waals surface area contributed by atoms with Crippen LogP contribution in [-0.4, -0.2) is 17.1 Å². The number of methoxy groups -OCH3 is 1. The summed E-state index contributed by atoms with van der Waals surface area (Å²) >= 11 is 0. The smallest absolute Gasteiger partial charge is 0.218 e. The van der Waals surface area contributed by atoms with Crippen molar-refractivity contribution in [2.75, 3.05) is 12.4 Å². The molecule has 5 heteroatoms. The predicted molar refractivity (Wildman–Crippen MR) is 62.3 cm³/mol. The first kappa shape index (κ1) is 11.3. The maximum absolute atomic E-state index is 13.3. The molecule has 0 aliphatic carbocycles. The lowest BCUT2D eigenvalue weighted by Gasteiger charge is -2.07. The van der Waals surface area contributed by atoms with Gasteiger partial charge in [0.15, 0.2) is 0 Å². The van der Waals surface area contributed by atoms with Crippen LogP contribution in [0.25, 0.3) is 0 Å². The van der Waals surface area contributed by atoms with Crippen LogP contribution in [0, 0.1) is 5.82 Å². The average molecular weight is 233 g/mol. The Hall–Kier alpha value is -2.17. The van der Waals surface area contributed by atoms with Gasteiger partial charge in [-0.25, -0.2) is 14.4 Å². The highest BCUT2D eigenvalue weighted by Crippen LogP contribution is 2.12. The fourth-order valence-electron chi connectivity index (χ4n) is 1.38. The quantitative estimate of drug-likeness (QED) is 0.879. The van der Waals surface area contributed by atoms with Crippen LogP contribution in [0.3, 0.4) is 0 Å². The van der Waals surface area contributed by atoms with Gasteiger partial charge >= 0.3 is 0 Å². The van der Waals surface area contributed by atoms with Gasteiger partial charge in [0.1, 0.15) is 18.0 Å². The fraction of sp³-hybridized carbons (Fsp3) is 0.167. The predicted octanol–water partition coefficient (Wildman–Crippen LogP) is 2.24. The Balaban J connectivity index is 2.05. The minimum Gasteiger partial charge on any atom is -0.481 e. The minimum absolute atomic E-state index is 0.235. The molecule has 1 heterocycles. The van der Waals surface area contributed by atoms with Gasteiger partial charge in [-0.3, -0.25) is 0 Å². The van der Waals surface area contributed by atoms with E-state index in [1.807, 2.05) is 0 Å². The van der Waals surface area contributed by atoms with E-state index in [0.717, 1.165) is 0 Å². The molecule has 17 heavy (non-hydrogen) atoms. The number of nitrogens with zero attached hydrogens (tertiary/aromatic N) is 2. The molecule has 88 valence electrons. The molecule has 0 aliphatic rings. The molecule has 1 aromatic heterocycles. The number of hydrogen-bond acceptors (Lipinski definition) is 4. The van der Waals surface area contributed by atoms with Gasteiger partial charge in [-0.2, -0.15) is 0 Å². The summed E-state index contributed by atoms with van der Waals surface area (Å²) in [5.41, 5.74) is 0.588. The highest BCUT2D eigenvalue weighted by Gasteiger charge is 2.02. The summed E-state index contributed by atoms with van der Waals surface area (Å²) in [4.78, 5) is 7.89. The molecule has 0 saturated heterocycles. The van der Waals surface area contributed by atoms with Crippen LogP contribution in [-0.2, 0) is 6.54 Å². The lowest BCUT2D eigenvalue weighted by atomic mass is 10.2. The van der Waals surface area contributed by atoms with Crippen molar-refractivity contribution < 1.29 is 9.13 Å². The van der Waals surface area contributed by atoms with E-state index >= 15 is 0 Å². The zero-order valence-corrected chi connectivity index (χ0v) is 9.35. The van der Waals surface area contributed by atoms with E-state index in [1.165, 1.54) is 19.5 Å². The number of anilines is 1. The molecule has 2 aromatic rings. The molecule has 1 aromatic carbocycles. The molecule has 0 unspecified atom stereocenters. The molecule has 0 amide bonds. The lowest BCUT2D eigenvalue weighted by molar-refractivity contribution is 0.397. The van der Waals surface area contributed by atoms with E-state index in [0.29, 0.717) is 23.8 Å². The summed E-state index contributed by atoms with van der Waals surface area (Å²) in [5, 5.41) is 3.01. The molecule has 0 bridgehead atoms. The summed E-state index contributed by atoms with van der Waals surface area (Å²) in [6, 6.07) is 8.26. The van der Waals surface area contributed by atoms with Gasteiger partial charge in [-0.1, -0.05) is 18.2 Å². The van der Waals surface area contributed by atoms with Crippen LogP contribution in [0.2, 0.25) is 0 Å². The fourth-order valence-corrected chi connectivity index (χ4v) is 1.38. The van der Waals surface area contributed by atoms with Crippen molar-refractivity contribution in [3.63, 3.8) is 0 Å². The average Bonchev–Trinajstić information content (AvgIpc) is 2.38. The van der Waals surface area contributed by atoms with Crippen LogP contribution in [0.5, 0.6) is 5.88 Å². The first-order valence-corrected chi connectivity index (χ1v) is 5.13. The van der Waals surface area contributed by atoms with E-state index in [9.17, 15) is 4.39 Å². The van der Waals surface area contributed by atoms with Gasteiger partial charge in [0.25, 0.3) is 0 Å². The van der Waals surface area contributed by atoms with Gasteiger partial charge in [0.2, 0.25) is 5.88 Å². The van der Waals surface area contributed by atoms with Crippen LogP contribution < -0.4 is 10.1 Å². The second-order valence-corrected chi connectivity index (χ2v) is 3.39. The Morgan fingerprint density at radius 2 is 2.12 bits per heavy atom. The largest absolute Gasteiger partial charge is 0.481 e. The van der Waals surface area contributed by atoms with Gasteiger partial charge in [-0.15, -0.1) is 0 Å². The van der Waals surface area contributed by atoms with E-state index < -0.39 is 0 Å². The molecule has 0 fully saturated rings. The first-order chi connectivity index (χ1) is 8.29. The third-order valence-electron chi connectivity index (χ3n) is 2.27. The number of halogens is 1. The molecule has 1 N–H and O–H groups in total. The topological polar surface area (TPSA) is 47.0 Å². The number of benzene rings is 1. The monoisotopic (exact) mass is 233 g/mol. The van der Waals surface area contributed by atoms with Crippen LogP contribution in [0.1, 0.15) is 5.56 Å². The van der Waals surface area contributed by atoms with Gasteiger partial charge in [-0.05, 0) is 6.07 Å². The SMILES string of the molecule is COc1cc(NCc2ccccc2F)ncn1. The Morgan fingerprint density at radius 1 is 1.29 bits per heavy atom. The van der Waals surface area contributed by atoms with Gasteiger partial charge < -0.3 is 10.1 Å². The van der Waals surface area contributed by atoms with E-state index in [2.05, 4.69) is 15.3 Å². The molecule has 0 radical (unpaired) electrons. The van der Waals surface area contributed by atoms with Crippen molar-refractivity contribution in [1.82, 2.24) is 9.97 Å². The van der Waals surface area contributed by atoms with E-state index in [-0.39, 0.29) is 5.82 Å². The van der Waals surface area contributed by atoms with Crippen LogP contribution in [0.4, 0.5) is 10.2 Å². The van der Waals surface area contributed by atoms with E-state index in [1.54, 1.807) is 24.3 Å². The molecule has 0 aliphatic heterocycles. The number of nitrogens with one attached hydrogen (secondary N) is 1. The summed E-state index contributed by atoms with van der Waals surface area (Å²) in [6.07, 6.45) is 1.39. The van der Waals surface area contributed by atoms with Gasteiger partial charge in [0, 0.05) is 18.2 Å². The Bertz CT molecular complexity index is 505. The van der Waals surface area contributed by atoms with Crippen molar-refractivity contribution >= 4 is 5.82 Å². The van der Waals surface area contributed by atoms with Crippen LogP contribution >= 0.6 is 0 Å². The third kappa shape index (κ3) is 2.90. The number of ether oxygens (including phenoxy) is 1. The molecule has 4 nitrogen and oxygen atoms in total. The summed E-state index contributed by atoms with van der Waals surface area (Å²) in [7, 11) is 1.53. The summed E-state index contributed by atoms with van der Waals surface area (Å²) in [6.45, 7) is 0.368. The maximum atomic E-state index is 13.3. The van der Waals surface area contributed by atoms with Gasteiger partial charge in [0.05, 0.1) is 7.11 Å². The summed E-state index contributed by atoms with van der Waals surface area (Å²) in [5.74, 6) is 0.831. The molecular weight excluding hydrogens is 221 g/mol. The Labute approximate surface area is 98.5 Å². The Morgan fingerprint density at radius 3 is 2.88 bits per heavy atom. The third-order valence-corrected chi connectivity index (χ3v) is 2.27. The standard InChI is InChI=1S/C12H12FN3O/c1-17-12-6-11(15-8-16-12)14-7-9-4-2-3-5-10(9)13/h2-6,8H,7H2,1H3,(H,14,15,16). The molecule has 0 saturated carbocycles. The zero-order valence-electron chi connectivity index (χ0n) is 9.35. The maximum Gasteiger partial charge on any atom is 0.218 e. The Kier molecular flexibility index (Phi) is 3.49. The molecule has 2 rings (SSSR count). The highest BCUT2D eigenvalue weighted by molar-refractivity contribution is 5.38. The van der Waals surface area contributed by atoms with Crippen molar-refractivity contribution in [3.8, 4) is 5.88 Å². The van der Waals surface area contributed by atoms with Crippen molar-refractivity contribution in [3.05, 3.63) is 48.0 Å². The number of hydrogen-bond donors (Lipinski definition) is 1. The molecule has 0 spiro atoms. The molecule has 0 atom stereocenters. The van der Waals surface area contributed by atoms with Crippen molar-refractivity contribution in [1.29, 1.82) is 0 Å². The summed E-state index contributed by atoms with van der Waals surface area (Å²) < 4.78 is 18.3.